The second kappa shape index (κ2) is 5.90. The molecule has 1 aromatic carbocycles. The number of hydrogen-bond acceptors (Lipinski definition) is 5. The van der Waals surface area contributed by atoms with Crippen LogP contribution in [0.25, 0.3) is 0 Å². The topological polar surface area (TPSA) is 76.8 Å². The van der Waals surface area contributed by atoms with E-state index in [1.54, 1.807) is 14.2 Å². The van der Waals surface area contributed by atoms with E-state index in [1.807, 2.05) is 12.1 Å². The van der Waals surface area contributed by atoms with Crippen LogP contribution in [0.5, 0.6) is 11.5 Å². The summed E-state index contributed by atoms with van der Waals surface area (Å²) in [6.45, 7) is 1.85. The average Bonchev–Trinajstić information content (AvgIpc) is 2.45. The number of nitrogens with one attached hydrogen (secondary N) is 1. The molecule has 1 heterocycles. The molecule has 1 aliphatic heterocycles. The Morgan fingerprint density at radius 2 is 1.95 bits per heavy atom. The molecule has 0 aromatic heterocycles. The lowest BCUT2D eigenvalue weighted by Crippen LogP contribution is -2.42. The third kappa shape index (κ3) is 2.97. The molecule has 0 radical (unpaired) electrons. The van der Waals surface area contributed by atoms with Gasteiger partial charge in [0, 0.05) is 13.1 Å². The summed E-state index contributed by atoms with van der Waals surface area (Å²) in [6.07, 6.45) is 0.882. The van der Waals surface area contributed by atoms with Crippen LogP contribution in [0, 0.1) is 0 Å². The number of hydrazine groups is 1. The van der Waals surface area contributed by atoms with Crippen LogP contribution in [0.3, 0.4) is 0 Å². The van der Waals surface area contributed by atoms with Crippen molar-refractivity contribution in [1.29, 1.82) is 0 Å². The molecule has 0 saturated carbocycles. The van der Waals surface area contributed by atoms with Gasteiger partial charge in [-0.2, -0.15) is 0 Å². The Morgan fingerprint density at radius 1 is 1.32 bits per heavy atom. The number of carbonyl (C=O) groups is 1. The second-order valence-corrected chi connectivity index (χ2v) is 4.50. The van der Waals surface area contributed by atoms with E-state index in [0.29, 0.717) is 18.8 Å². The fraction of sp³-hybridized carbons (Fsp3) is 0.462. The average molecular weight is 265 g/mol. The lowest BCUT2D eigenvalue weighted by atomic mass is 9.99. The third-order valence-corrected chi connectivity index (χ3v) is 3.33. The van der Waals surface area contributed by atoms with Crippen LogP contribution in [0.1, 0.15) is 11.1 Å². The summed E-state index contributed by atoms with van der Waals surface area (Å²) in [6, 6.07) is 3.98. The van der Waals surface area contributed by atoms with Crippen molar-refractivity contribution in [3.63, 3.8) is 0 Å². The van der Waals surface area contributed by atoms with Gasteiger partial charge in [-0.3, -0.25) is 15.1 Å². The number of ether oxygens (including phenoxy) is 2. The Hall–Kier alpha value is -1.79. The number of nitrogens with zero attached hydrogens (tertiary/aromatic N) is 1. The number of methoxy groups -OCH3 is 2. The third-order valence-electron chi connectivity index (χ3n) is 3.33. The highest BCUT2D eigenvalue weighted by atomic mass is 16.5. The van der Waals surface area contributed by atoms with E-state index in [-0.39, 0.29) is 5.91 Å². The zero-order chi connectivity index (χ0) is 13.8. The number of amides is 1. The lowest BCUT2D eigenvalue weighted by Gasteiger charge is -2.28. The summed E-state index contributed by atoms with van der Waals surface area (Å²) >= 11 is 0. The molecule has 6 heteroatoms. The van der Waals surface area contributed by atoms with Gasteiger partial charge in [0.25, 0.3) is 0 Å². The van der Waals surface area contributed by atoms with Crippen LogP contribution in [0.15, 0.2) is 12.1 Å². The predicted molar refractivity (Wildman–Crippen MR) is 70.9 cm³/mol. The van der Waals surface area contributed by atoms with Gasteiger partial charge >= 0.3 is 0 Å². The van der Waals surface area contributed by atoms with E-state index in [4.69, 9.17) is 15.3 Å². The van der Waals surface area contributed by atoms with Crippen LogP contribution in [-0.2, 0) is 17.8 Å². The van der Waals surface area contributed by atoms with Gasteiger partial charge in [0.2, 0.25) is 5.91 Å². The Labute approximate surface area is 112 Å². The smallest absolute Gasteiger partial charge is 0.248 e. The lowest BCUT2D eigenvalue weighted by molar-refractivity contribution is -0.122. The van der Waals surface area contributed by atoms with Gasteiger partial charge in [-0.1, -0.05) is 0 Å². The van der Waals surface area contributed by atoms with Crippen molar-refractivity contribution in [1.82, 2.24) is 10.3 Å². The van der Waals surface area contributed by atoms with E-state index < -0.39 is 0 Å². The van der Waals surface area contributed by atoms with Crippen molar-refractivity contribution in [2.75, 3.05) is 27.3 Å². The fourth-order valence-corrected chi connectivity index (χ4v) is 2.33. The predicted octanol–water partition coefficient (Wildman–Crippen LogP) is 0.0518. The van der Waals surface area contributed by atoms with Crippen LogP contribution in [0.2, 0.25) is 0 Å². The number of carbonyl (C=O) groups excluding carboxylic acids is 1. The van der Waals surface area contributed by atoms with Gasteiger partial charge in [0.1, 0.15) is 0 Å². The molecule has 1 amide bonds. The normalized spacial score (nSPS) is 14.7. The number of rotatable bonds is 4. The fourth-order valence-electron chi connectivity index (χ4n) is 2.33. The molecule has 0 saturated heterocycles. The number of nitrogens with two attached hydrogens (primary N) is 1. The Kier molecular flexibility index (Phi) is 4.24. The van der Waals surface area contributed by atoms with Crippen LogP contribution >= 0.6 is 0 Å². The van der Waals surface area contributed by atoms with E-state index >= 15 is 0 Å². The minimum Gasteiger partial charge on any atom is -0.493 e. The van der Waals surface area contributed by atoms with Crippen molar-refractivity contribution in [3.05, 3.63) is 23.3 Å². The van der Waals surface area contributed by atoms with Crippen molar-refractivity contribution < 1.29 is 14.3 Å². The molecular formula is C13H19N3O3. The van der Waals surface area contributed by atoms with Crippen molar-refractivity contribution >= 4 is 5.91 Å². The van der Waals surface area contributed by atoms with Crippen LogP contribution in [-0.4, -0.2) is 38.1 Å². The molecule has 19 heavy (non-hydrogen) atoms. The van der Waals surface area contributed by atoms with Crippen molar-refractivity contribution in [2.24, 2.45) is 5.84 Å². The molecule has 104 valence electrons. The largest absolute Gasteiger partial charge is 0.493 e. The zero-order valence-corrected chi connectivity index (χ0v) is 11.2. The van der Waals surface area contributed by atoms with Gasteiger partial charge in [-0.25, -0.2) is 5.84 Å². The first-order valence-electron chi connectivity index (χ1n) is 6.13. The van der Waals surface area contributed by atoms with Gasteiger partial charge in [-0.15, -0.1) is 0 Å². The quantitative estimate of drug-likeness (QED) is 0.457. The number of fused-ring (bicyclic) bond motifs is 1. The Balaban J connectivity index is 2.18. The maximum atomic E-state index is 11.3. The summed E-state index contributed by atoms with van der Waals surface area (Å²) in [5, 5.41) is 0. The summed E-state index contributed by atoms with van der Waals surface area (Å²) in [5.41, 5.74) is 4.55. The Morgan fingerprint density at radius 3 is 2.53 bits per heavy atom. The van der Waals surface area contributed by atoms with E-state index in [9.17, 15) is 4.79 Å². The van der Waals surface area contributed by atoms with E-state index in [0.717, 1.165) is 24.3 Å². The summed E-state index contributed by atoms with van der Waals surface area (Å²) in [4.78, 5) is 13.3. The van der Waals surface area contributed by atoms with Gasteiger partial charge in [0.05, 0.1) is 20.8 Å². The first-order chi connectivity index (χ1) is 9.17. The molecule has 0 spiro atoms. The van der Waals surface area contributed by atoms with Crippen LogP contribution < -0.4 is 20.7 Å². The van der Waals surface area contributed by atoms with Crippen molar-refractivity contribution in [2.45, 2.75) is 13.0 Å². The monoisotopic (exact) mass is 265 g/mol. The van der Waals surface area contributed by atoms with Gasteiger partial charge < -0.3 is 9.47 Å². The molecular weight excluding hydrogens is 246 g/mol. The number of benzene rings is 1. The highest BCUT2D eigenvalue weighted by Crippen LogP contribution is 2.33. The molecule has 6 nitrogen and oxygen atoms in total. The molecule has 2 rings (SSSR count). The maximum absolute atomic E-state index is 11.3. The highest BCUT2D eigenvalue weighted by molar-refractivity contribution is 5.77. The molecule has 1 aromatic rings. The standard InChI is InChI=1S/C13H19N3O3/c1-18-11-5-9-3-4-16(8-13(17)15-14)7-10(9)6-12(11)19-2/h5-6H,3-4,7-8,14H2,1-2H3,(H,15,17). The summed E-state index contributed by atoms with van der Waals surface area (Å²) < 4.78 is 10.6. The molecule has 0 aliphatic carbocycles. The van der Waals surface area contributed by atoms with Gasteiger partial charge in [-0.05, 0) is 29.7 Å². The van der Waals surface area contributed by atoms with Gasteiger partial charge in [0.15, 0.2) is 11.5 Å². The Bertz CT molecular complexity index is 476. The first kappa shape index (κ1) is 13.6. The highest BCUT2D eigenvalue weighted by Gasteiger charge is 2.20. The molecule has 0 bridgehead atoms. The summed E-state index contributed by atoms with van der Waals surface area (Å²) in [5.74, 6) is 6.39. The minimum absolute atomic E-state index is 0.177. The van der Waals surface area contributed by atoms with E-state index in [2.05, 4.69) is 10.3 Å². The molecule has 0 fully saturated rings. The van der Waals surface area contributed by atoms with E-state index in [1.165, 1.54) is 5.56 Å². The summed E-state index contributed by atoms with van der Waals surface area (Å²) in [7, 11) is 3.25. The first-order valence-corrected chi connectivity index (χ1v) is 6.13. The molecule has 3 N–H and O–H groups in total. The number of hydrogen-bond donors (Lipinski definition) is 2. The van der Waals surface area contributed by atoms with Crippen LogP contribution in [0.4, 0.5) is 0 Å². The minimum atomic E-state index is -0.177. The maximum Gasteiger partial charge on any atom is 0.248 e. The molecule has 0 unspecified atom stereocenters. The van der Waals surface area contributed by atoms with Crippen molar-refractivity contribution in [3.8, 4) is 11.5 Å². The molecule has 0 atom stereocenters. The SMILES string of the molecule is COc1cc2c(cc1OC)CN(CC(=O)NN)CC2. The second-order valence-electron chi connectivity index (χ2n) is 4.50. The zero-order valence-electron chi connectivity index (χ0n) is 11.2. The molecule has 1 aliphatic rings.